The van der Waals surface area contributed by atoms with Gasteiger partial charge in [-0.25, -0.2) is 4.79 Å². The zero-order valence-corrected chi connectivity index (χ0v) is 13.6. The van der Waals surface area contributed by atoms with E-state index >= 15 is 0 Å². The Morgan fingerprint density at radius 2 is 2.14 bits per heavy atom. The Morgan fingerprint density at radius 1 is 1.43 bits per heavy atom. The van der Waals surface area contributed by atoms with Crippen molar-refractivity contribution in [2.75, 3.05) is 14.2 Å². The number of nitrogens with zero attached hydrogens (tertiary/aromatic N) is 2. The number of carbonyl (C=O) groups excluding carboxylic acids is 1. The number of rotatable bonds is 6. The van der Waals surface area contributed by atoms with E-state index in [4.69, 9.17) is 4.74 Å². The number of aryl methyl sites for hydroxylation is 1. The van der Waals surface area contributed by atoms with Crippen LogP contribution < -0.4 is 5.32 Å². The molecule has 1 heterocycles. The highest BCUT2D eigenvalue weighted by Crippen LogP contribution is 2.27. The van der Waals surface area contributed by atoms with Crippen LogP contribution in [0.4, 0.5) is 0 Å². The third-order valence-electron chi connectivity index (χ3n) is 3.54. The van der Waals surface area contributed by atoms with Crippen LogP contribution in [0.1, 0.15) is 12.0 Å². The maximum atomic E-state index is 12.4. The van der Waals surface area contributed by atoms with E-state index in [1.807, 2.05) is 36.5 Å². The maximum absolute atomic E-state index is 12.4. The number of nitrogens with one attached hydrogen (secondary N) is 1. The third kappa shape index (κ3) is 3.33. The molecule has 2 aromatic rings. The molecular formula is C15H18BrN3O2. The minimum Gasteiger partial charge on any atom is -0.467 e. The van der Waals surface area contributed by atoms with E-state index < -0.39 is 5.54 Å². The molecule has 0 bridgehead atoms. The first kappa shape index (κ1) is 15.7. The van der Waals surface area contributed by atoms with Crippen LogP contribution in [0.2, 0.25) is 0 Å². The van der Waals surface area contributed by atoms with Crippen molar-refractivity contribution in [2.45, 2.75) is 18.5 Å². The van der Waals surface area contributed by atoms with E-state index in [0.717, 1.165) is 10.0 Å². The van der Waals surface area contributed by atoms with Gasteiger partial charge in [0.25, 0.3) is 0 Å². The van der Waals surface area contributed by atoms with Crippen molar-refractivity contribution in [3.63, 3.8) is 0 Å². The molecule has 0 aliphatic rings. The highest BCUT2D eigenvalue weighted by molar-refractivity contribution is 9.10. The molecule has 0 fully saturated rings. The first-order chi connectivity index (χ1) is 10.1. The van der Waals surface area contributed by atoms with E-state index in [2.05, 4.69) is 26.3 Å². The summed E-state index contributed by atoms with van der Waals surface area (Å²) in [6.07, 6.45) is 4.14. The van der Waals surface area contributed by atoms with Gasteiger partial charge in [0.05, 0.1) is 17.8 Å². The first-order valence-corrected chi connectivity index (χ1v) is 7.42. The Morgan fingerprint density at radius 3 is 2.67 bits per heavy atom. The molecule has 0 saturated heterocycles. The summed E-state index contributed by atoms with van der Waals surface area (Å²) in [4.78, 5) is 12.4. The lowest BCUT2D eigenvalue weighted by Crippen LogP contribution is -2.48. The molecule has 5 nitrogen and oxygen atoms in total. The summed E-state index contributed by atoms with van der Waals surface area (Å²) < 4.78 is 7.72. The average Bonchev–Trinajstić information content (AvgIpc) is 2.94. The van der Waals surface area contributed by atoms with Gasteiger partial charge >= 0.3 is 5.97 Å². The zero-order valence-electron chi connectivity index (χ0n) is 12.0. The fourth-order valence-corrected chi connectivity index (χ4v) is 2.70. The van der Waals surface area contributed by atoms with E-state index in [0.29, 0.717) is 13.0 Å². The minimum atomic E-state index is -0.881. The second kappa shape index (κ2) is 6.87. The first-order valence-electron chi connectivity index (χ1n) is 6.63. The van der Waals surface area contributed by atoms with Crippen LogP contribution in [-0.4, -0.2) is 29.9 Å². The fraction of sp³-hybridized carbons (Fsp3) is 0.333. The van der Waals surface area contributed by atoms with Crippen LogP contribution in [0.25, 0.3) is 0 Å². The van der Waals surface area contributed by atoms with Gasteiger partial charge in [0, 0.05) is 19.2 Å². The average molecular weight is 352 g/mol. The molecule has 0 spiro atoms. The minimum absolute atomic E-state index is 0.303. The van der Waals surface area contributed by atoms with Crippen molar-refractivity contribution in [2.24, 2.45) is 0 Å². The van der Waals surface area contributed by atoms with Crippen molar-refractivity contribution in [1.29, 1.82) is 0 Å². The Labute approximate surface area is 132 Å². The molecule has 1 unspecified atom stereocenters. The summed E-state index contributed by atoms with van der Waals surface area (Å²) in [6, 6.07) is 9.59. The lowest BCUT2D eigenvalue weighted by molar-refractivity contribution is -0.149. The number of methoxy groups -OCH3 is 1. The summed E-state index contributed by atoms with van der Waals surface area (Å²) in [5.41, 5.74) is -0.000361. The number of likely N-dealkylation sites (N-methyl/N-ethyl adjacent to an activating group) is 1. The van der Waals surface area contributed by atoms with Crippen molar-refractivity contribution >= 4 is 21.9 Å². The Kier molecular flexibility index (Phi) is 5.14. The second-order valence-corrected chi connectivity index (χ2v) is 5.60. The summed E-state index contributed by atoms with van der Waals surface area (Å²) in [7, 11) is 3.17. The number of hydrogen-bond acceptors (Lipinski definition) is 4. The van der Waals surface area contributed by atoms with Crippen LogP contribution in [0.3, 0.4) is 0 Å². The number of esters is 1. The van der Waals surface area contributed by atoms with Crippen LogP contribution in [0.15, 0.2) is 47.2 Å². The van der Waals surface area contributed by atoms with Crippen LogP contribution in [-0.2, 0) is 21.6 Å². The van der Waals surface area contributed by atoms with Gasteiger partial charge in [-0.1, -0.05) is 30.3 Å². The topological polar surface area (TPSA) is 56.2 Å². The van der Waals surface area contributed by atoms with E-state index in [9.17, 15) is 4.79 Å². The van der Waals surface area contributed by atoms with Gasteiger partial charge in [0.15, 0.2) is 0 Å². The molecule has 1 aromatic carbocycles. The molecule has 0 amide bonds. The van der Waals surface area contributed by atoms with Gasteiger partial charge in [-0.15, -0.1) is 0 Å². The molecule has 6 heteroatoms. The Hall–Kier alpha value is -1.66. The largest absolute Gasteiger partial charge is 0.467 e. The monoisotopic (exact) mass is 351 g/mol. The Bertz CT molecular complexity index is 600. The van der Waals surface area contributed by atoms with Gasteiger partial charge in [-0.2, -0.15) is 5.10 Å². The van der Waals surface area contributed by atoms with Crippen molar-refractivity contribution in [3.8, 4) is 0 Å². The number of ether oxygens (including phenoxy) is 1. The van der Waals surface area contributed by atoms with E-state index in [1.165, 1.54) is 7.11 Å². The lowest BCUT2D eigenvalue weighted by Gasteiger charge is -2.31. The lowest BCUT2D eigenvalue weighted by atomic mass is 9.86. The van der Waals surface area contributed by atoms with Crippen molar-refractivity contribution < 1.29 is 9.53 Å². The highest BCUT2D eigenvalue weighted by atomic mass is 79.9. The Balaban J connectivity index is 2.29. The number of aromatic nitrogens is 2. The SMILES string of the molecule is CNC(CCn1cc(Br)cn1)(C(=O)OC)c1ccccc1. The summed E-state index contributed by atoms with van der Waals surface area (Å²) in [5, 5.41) is 7.35. The predicted molar refractivity (Wildman–Crippen MR) is 83.7 cm³/mol. The third-order valence-corrected chi connectivity index (χ3v) is 3.95. The second-order valence-electron chi connectivity index (χ2n) is 4.68. The van der Waals surface area contributed by atoms with Gasteiger partial charge in [0.1, 0.15) is 5.54 Å². The highest BCUT2D eigenvalue weighted by Gasteiger charge is 2.39. The molecule has 21 heavy (non-hydrogen) atoms. The maximum Gasteiger partial charge on any atom is 0.330 e. The summed E-state index contributed by atoms with van der Waals surface area (Å²) in [6.45, 7) is 0.594. The normalized spacial score (nSPS) is 13.7. The molecule has 0 aliphatic carbocycles. The summed E-state index contributed by atoms with van der Waals surface area (Å²) >= 11 is 3.37. The van der Waals surface area contributed by atoms with Crippen LogP contribution in [0.5, 0.6) is 0 Å². The predicted octanol–water partition coefficient (Wildman–Crippen LogP) is 2.32. The molecule has 0 radical (unpaired) electrons. The quantitative estimate of drug-likeness (QED) is 0.811. The molecule has 1 atom stereocenters. The zero-order chi connectivity index (χ0) is 15.3. The van der Waals surface area contributed by atoms with Crippen LogP contribution >= 0.6 is 15.9 Å². The van der Waals surface area contributed by atoms with E-state index in [-0.39, 0.29) is 5.97 Å². The molecule has 0 aliphatic heterocycles. The molecule has 2 rings (SSSR count). The van der Waals surface area contributed by atoms with Crippen LogP contribution in [0, 0.1) is 0 Å². The number of halogens is 1. The van der Waals surface area contributed by atoms with Gasteiger partial charge < -0.3 is 10.1 Å². The smallest absolute Gasteiger partial charge is 0.330 e. The van der Waals surface area contributed by atoms with E-state index in [1.54, 1.807) is 17.9 Å². The van der Waals surface area contributed by atoms with Gasteiger partial charge in [0.2, 0.25) is 0 Å². The molecule has 1 aromatic heterocycles. The number of carbonyl (C=O) groups is 1. The van der Waals surface area contributed by atoms with Crippen molar-refractivity contribution in [1.82, 2.24) is 15.1 Å². The number of hydrogen-bond donors (Lipinski definition) is 1. The van der Waals surface area contributed by atoms with Gasteiger partial charge in [-0.05, 0) is 28.5 Å². The number of benzene rings is 1. The van der Waals surface area contributed by atoms with Crippen molar-refractivity contribution in [3.05, 3.63) is 52.8 Å². The standard InChI is InChI=1S/C15H18BrN3O2/c1-17-15(14(20)21-2,12-6-4-3-5-7-12)8-9-19-11-13(16)10-18-19/h3-7,10-11,17H,8-9H2,1-2H3. The molecule has 112 valence electrons. The molecule has 0 saturated carbocycles. The molecular weight excluding hydrogens is 334 g/mol. The fourth-order valence-electron chi connectivity index (χ4n) is 2.38. The molecule has 1 N–H and O–H groups in total. The van der Waals surface area contributed by atoms with Gasteiger partial charge in [-0.3, -0.25) is 4.68 Å². The summed E-state index contributed by atoms with van der Waals surface area (Å²) in [5.74, 6) is -0.303.